The smallest absolute Gasteiger partial charge is 0.323 e. The standard InChI is InChI=1S/C18H20BrF3O3/c19-14-8-6-13(7-9-14)18-23-10-16(11-24-18,12-4-2-1-3-5-12)15(25-18)17(20,21)22/h6-9,12,15H,1-5,10-11H2. The first-order valence-corrected chi connectivity index (χ1v) is 9.44. The van der Waals surface area contributed by atoms with Crippen molar-refractivity contribution in [1.29, 1.82) is 0 Å². The molecule has 0 amide bonds. The lowest BCUT2D eigenvalue weighted by atomic mass is 9.65. The molecule has 0 aromatic heterocycles. The first kappa shape index (κ1) is 17.8. The molecule has 138 valence electrons. The molecular formula is C18H20BrF3O3. The van der Waals surface area contributed by atoms with Gasteiger partial charge in [-0.25, -0.2) is 0 Å². The van der Waals surface area contributed by atoms with E-state index in [2.05, 4.69) is 15.9 Å². The first-order chi connectivity index (χ1) is 11.9. The fourth-order valence-corrected chi connectivity index (χ4v) is 4.71. The van der Waals surface area contributed by atoms with Gasteiger partial charge in [-0.15, -0.1) is 0 Å². The van der Waals surface area contributed by atoms with Crippen LogP contribution in [0.5, 0.6) is 0 Å². The summed E-state index contributed by atoms with van der Waals surface area (Å²) >= 11 is 3.32. The molecule has 1 saturated carbocycles. The van der Waals surface area contributed by atoms with E-state index in [1.54, 1.807) is 24.3 Å². The molecule has 1 unspecified atom stereocenters. The van der Waals surface area contributed by atoms with Crippen molar-refractivity contribution in [3.8, 4) is 0 Å². The highest BCUT2D eigenvalue weighted by atomic mass is 79.9. The molecule has 25 heavy (non-hydrogen) atoms. The fourth-order valence-electron chi connectivity index (χ4n) is 4.44. The summed E-state index contributed by atoms with van der Waals surface area (Å²) in [5.74, 6) is -1.85. The third-order valence-corrected chi connectivity index (χ3v) is 6.30. The molecule has 7 heteroatoms. The lowest BCUT2D eigenvalue weighted by molar-refractivity contribution is -0.529. The number of halogens is 4. The van der Waals surface area contributed by atoms with Gasteiger partial charge in [0.1, 0.15) is 0 Å². The van der Waals surface area contributed by atoms with Crippen LogP contribution in [0.15, 0.2) is 28.7 Å². The highest BCUT2D eigenvalue weighted by Gasteiger charge is 2.68. The van der Waals surface area contributed by atoms with E-state index in [9.17, 15) is 13.2 Å². The minimum Gasteiger partial charge on any atom is -0.323 e. The maximum absolute atomic E-state index is 13.9. The van der Waals surface area contributed by atoms with Crippen molar-refractivity contribution in [3.05, 3.63) is 34.3 Å². The van der Waals surface area contributed by atoms with Gasteiger partial charge >= 0.3 is 12.1 Å². The van der Waals surface area contributed by atoms with E-state index in [0.717, 1.165) is 36.6 Å². The van der Waals surface area contributed by atoms with Crippen LogP contribution in [0, 0.1) is 11.3 Å². The number of hydrogen-bond acceptors (Lipinski definition) is 3. The van der Waals surface area contributed by atoms with Crippen LogP contribution in [-0.4, -0.2) is 25.5 Å². The summed E-state index contributed by atoms with van der Waals surface area (Å²) in [4.78, 5) is 0. The summed E-state index contributed by atoms with van der Waals surface area (Å²) in [5.41, 5.74) is -0.697. The molecule has 1 aromatic carbocycles. The Kier molecular flexibility index (Phi) is 4.42. The highest BCUT2D eigenvalue weighted by Crippen LogP contribution is 2.57. The van der Waals surface area contributed by atoms with E-state index in [-0.39, 0.29) is 19.1 Å². The van der Waals surface area contributed by atoms with E-state index < -0.39 is 23.7 Å². The molecule has 2 bridgehead atoms. The molecule has 4 aliphatic rings. The third kappa shape index (κ3) is 2.93. The predicted octanol–water partition coefficient (Wildman–Crippen LogP) is 5.13. The Morgan fingerprint density at radius 2 is 1.56 bits per heavy atom. The van der Waals surface area contributed by atoms with Gasteiger partial charge in [0.15, 0.2) is 6.10 Å². The monoisotopic (exact) mass is 420 g/mol. The second kappa shape index (κ2) is 6.22. The van der Waals surface area contributed by atoms with Crippen molar-refractivity contribution < 1.29 is 27.4 Å². The number of alkyl halides is 3. The Hall–Kier alpha value is -0.630. The van der Waals surface area contributed by atoms with Crippen LogP contribution in [0.4, 0.5) is 13.2 Å². The molecule has 3 nitrogen and oxygen atoms in total. The van der Waals surface area contributed by atoms with Gasteiger partial charge in [0.25, 0.3) is 0 Å². The third-order valence-electron chi connectivity index (χ3n) is 5.77. The lowest BCUT2D eigenvalue weighted by Gasteiger charge is -2.59. The fraction of sp³-hybridized carbons (Fsp3) is 0.667. The summed E-state index contributed by atoms with van der Waals surface area (Å²) in [6.45, 7) is 0.0236. The Bertz CT molecular complexity index is 617. The van der Waals surface area contributed by atoms with Crippen molar-refractivity contribution >= 4 is 15.9 Å². The maximum atomic E-state index is 13.9. The van der Waals surface area contributed by atoms with Crippen molar-refractivity contribution in [2.24, 2.45) is 11.3 Å². The zero-order chi connectivity index (χ0) is 17.7. The van der Waals surface area contributed by atoms with Crippen LogP contribution in [0.25, 0.3) is 0 Å². The summed E-state index contributed by atoms with van der Waals surface area (Å²) in [6.07, 6.45) is -1.79. The zero-order valence-electron chi connectivity index (χ0n) is 13.7. The number of hydrogen-bond donors (Lipinski definition) is 0. The van der Waals surface area contributed by atoms with Gasteiger partial charge in [0.05, 0.1) is 18.6 Å². The summed E-state index contributed by atoms with van der Waals surface area (Å²) < 4.78 is 59.7. The quantitative estimate of drug-likeness (QED) is 0.663. The molecule has 1 aliphatic carbocycles. The van der Waals surface area contributed by atoms with Crippen molar-refractivity contribution in [3.63, 3.8) is 0 Å². The lowest BCUT2D eigenvalue weighted by Crippen LogP contribution is -2.69. The Morgan fingerprint density at radius 3 is 2.12 bits per heavy atom. The van der Waals surface area contributed by atoms with Crippen molar-refractivity contribution in [1.82, 2.24) is 0 Å². The molecule has 0 spiro atoms. The molecule has 0 radical (unpaired) electrons. The van der Waals surface area contributed by atoms with E-state index in [4.69, 9.17) is 14.2 Å². The topological polar surface area (TPSA) is 27.7 Å². The second-order valence-electron chi connectivity index (χ2n) is 7.25. The Morgan fingerprint density at radius 1 is 0.960 bits per heavy atom. The van der Waals surface area contributed by atoms with Crippen molar-refractivity contribution in [2.45, 2.75) is 50.4 Å². The molecule has 3 aliphatic heterocycles. The highest BCUT2D eigenvalue weighted by molar-refractivity contribution is 9.10. The predicted molar refractivity (Wildman–Crippen MR) is 87.7 cm³/mol. The van der Waals surface area contributed by atoms with Crippen LogP contribution in [0.2, 0.25) is 0 Å². The van der Waals surface area contributed by atoms with Crippen LogP contribution in [0.1, 0.15) is 37.7 Å². The zero-order valence-corrected chi connectivity index (χ0v) is 15.2. The summed E-state index contributed by atoms with van der Waals surface area (Å²) in [6, 6.07) is 6.80. The van der Waals surface area contributed by atoms with E-state index in [1.165, 1.54) is 0 Å². The summed E-state index contributed by atoms with van der Waals surface area (Å²) in [5, 5.41) is 0. The van der Waals surface area contributed by atoms with Gasteiger partial charge in [0, 0.05) is 10.0 Å². The van der Waals surface area contributed by atoms with Gasteiger partial charge in [-0.2, -0.15) is 13.2 Å². The molecule has 5 rings (SSSR count). The molecule has 3 heterocycles. The molecule has 0 N–H and O–H groups in total. The average molecular weight is 421 g/mol. The largest absolute Gasteiger partial charge is 0.415 e. The van der Waals surface area contributed by atoms with Gasteiger partial charge in [-0.1, -0.05) is 35.2 Å². The van der Waals surface area contributed by atoms with Crippen LogP contribution >= 0.6 is 15.9 Å². The van der Waals surface area contributed by atoms with E-state index >= 15 is 0 Å². The minimum atomic E-state index is -4.45. The number of fused-ring (bicyclic) bond motifs is 3. The Labute approximate surface area is 152 Å². The minimum absolute atomic E-state index is 0.0118. The molecule has 1 atom stereocenters. The molecular weight excluding hydrogens is 401 g/mol. The van der Waals surface area contributed by atoms with E-state index in [0.29, 0.717) is 5.56 Å². The molecule has 1 aromatic rings. The van der Waals surface area contributed by atoms with Gasteiger partial charge < -0.3 is 14.2 Å². The Balaban J connectivity index is 1.69. The molecule has 4 fully saturated rings. The normalized spacial score (nSPS) is 36.6. The number of rotatable bonds is 2. The summed E-state index contributed by atoms with van der Waals surface area (Å²) in [7, 11) is 0. The van der Waals surface area contributed by atoms with Crippen LogP contribution in [0.3, 0.4) is 0 Å². The SMILES string of the molecule is FC(F)(F)C1OC2(c3ccc(Br)cc3)OCC1(C1CCCCC1)CO2. The van der Waals surface area contributed by atoms with E-state index in [1.807, 2.05) is 0 Å². The average Bonchev–Trinajstić information content (AvgIpc) is 2.63. The second-order valence-corrected chi connectivity index (χ2v) is 8.16. The first-order valence-electron chi connectivity index (χ1n) is 8.64. The number of benzene rings is 1. The van der Waals surface area contributed by atoms with Gasteiger partial charge in [-0.3, -0.25) is 0 Å². The number of ether oxygens (including phenoxy) is 3. The van der Waals surface area contributed by atoms with Crippen LogP contribution < -0.4 is 0 Å². The van der Waals surface area contributed by atoms with Crippen LogP contribution in [-0.2, 0) is 20.2 Å². The molecule has 3 saturated heterocycles. The van der Waals surface area contributed by atoms with Gasteiger partial charge in [0.2, 0.25) is 0 Å². The van der Waals surface area contributed by atoms with Crippen molar-refractivity contribution in [2.75, 3.05) is 13.2 Å². The van der Waals surface area contributed by atoms with Gasteiger partial charge in [-0.05, 0) is 43.0 Å². The maximum Gasteiger partial charge on any atom is 0.415 e.